The number of anilines is 1. The van der Waals surface area contributed by atoms with Crippen LogP contribution in [0.1, 0.15) is 73.6 Å². The summed E-state index contributed by atoms with van der Waals surface area (Å²) in [5.74, 6) is -1.49. The molecule has 4 atom stereocenters. The van der Waals surface area contributed by atoms with Crippen LogP contribution in [0.25, 0.3) is 0 Å². The lowest BCUT2D eigenvalue weighted by Gasteiger charge is -2.36. The second-order valence-electron chi connectivity index (χ2n) is 11.7. The second-order valence-corrected chi connectivity index (χ2v) is 11.7. The third kappa shape index (κ3) is 11.0. The topological polar surface area (TPSA) is 108 Å². The zero-order valence-corrected chi connectivity index (χ0v) is 26.3. The molecule has 0 unspecified atom stereocenters. The Bertz CT molecular complexity index is 1280. The SMILES string of the molecule is C[C@@H]1CCCCO[C@@H](CN(C)C(=O)c2ccccc2)[C@H](C)CN([C@@H](C)CO)C(=O)c2cc(NC(=O)CCC(F)(F)F)ccc2O1. The Hall–Kier alpha value is -3.64. The highest BCUT2D eigenvalue weighted by Gasteiger charge is 2.32. The van der Waals surface area contributed by atoms with Crippen LogP contribution in [-0.4, -0.2) is 90.4 Å². The number of aliphatic hydroxyl groups is 1. The number of hydrogen-bond donors (Lipinski definition) is 2. The van der Waals surface area contributed by atoms with Gasteiger partial charge in [-0.1, -0.05) is 25.1 Å². The summed E-state index contributed by atoms with van der Waals surface area (Å²) in [5.41, 5.74) is 0.804. The first-order chi connectivity index (χ1) is 21.3. The van der Waals surface area contributed by atoms with E-state index in [0.717, 1.165) is 12.8 Å². The molecule has 0 saturated heterocycles. The van der Waals surface area contributed by atoms with Crippen LogP contribution in [0.3, 0.4) is 0 Å². The van der Waals surface area contributed by atoms with Crippen LogP contribution in [0.15, 0.2) is 48.5 Å². The zero-order chi connectivity index (χ0) is 33.1. The minimum Gasteiger partial charge on any atom is -0.490 e. The van der Waals surface area contributed by atoms with Crippen molar-refractivity contribution in [3.05, 3.63) is 59.7 Å². The number of benzene rings is 2. The van der Waals surface area contributed by atoms with Crippen LogP contribution in [0.5, 0.6) is 5.75 Å². The van der Waals surface area contributed by atoms with Crippen molar-refractivity contribution in [1.29, 1.82) is 0 Å². The van der Waals surface area contributed by atoms with Crippen molar-refractivity contribution >= 4 is 23.4 Å². The molecule has 248 valence electrons. The van der Waals surface area contributed by atoms with Crippen molar-refractivity contribution < 1.29 is 42.1 Å². The Morgan fingerprint density at radius 2 is 1.84 bits per heavy atom. The summed E-state index contributed by atoms with van der Waals surface area (Å²) in [7, 11) is 1.70. The lowest BCUT2D eigenvalue weighted by Crippen LogP contribution is -2.48. The van der Waals surface area contributed by atoms with Crippen LogP contribution < -0.4 is 10.1 Å². The molecule has 0 aromatic heterocycles. The minimum absolute atomic E-state index is 0.105. The van der Waals surface area contributed by atoms with Crippen LogP contribution in [-0.2, 0) is 9.53 Å². The molecule has 1 heterocycles. The van der Waals surface area contributed by atoms with Crippen LogP contribution in [0, 0.1) is 5.92 Å². The molecular weight excluding hydrogens is 591 g/mol. The van der Waals surface area contributed by atoms with E-state index in [0.29, 0.717) is 18.6 Å². The molecule has 2 N–H and O–H groups in total. The van der Waals surface area contributed by atoms with Gasteiger partial charge in [-0.15, -0.1) is 0 Å². The minimum atomic E-state index is -4.47. The third-order valence-corrected chi connectivity index (χ3v) is 7.79. The smallest absolute Gasteiger partial charge is 0.389 e. The van der Waals surface area contributed by atoms with Gasteiger partial charge in [-0.25, -0.2) is 0 Å². The number of aliphatic hydroxyl groups excluding tert-OH is 1. The molecule has 3 amide bonds. The fourth-order valence-corrected chi connectivity index (χ4v) is 5.10. The highest BCUT2D eigenvalue weighted by molar-refractivity contribution is 5.99. The fraction of sp³-hybridized carbons (Fsp3) is 0.545. The van der Waals surface area contributed by atoms with E-state index < -0.39 is 43.0 Å². The van der Waals surface area contributed by atoms with E-state index in [4.69, 9.17) is 9.47 Å². The molecule has 0 bridgehead atoms. The predicted molar refractivity (Wildman–Crippen MR) is 164 cm³/mol. The molecule has 1 aliphatic rings. The molecule has 0 saturated carbocycles. The maximum atomic E-state index is 14.1. The molecule has 2 aromatic rings. The first kappa shape index (κ1) is 35.8. The Balaban J connectivity index is 1.91. The molecule has 0 spiro atoms. The fourth-order valence-electron chi connectivity index (χ4n) is 5.10. The maximum absolute atomic E-state index is 14.1. The van der Waals surface area contributed by atoms with Gasteiger partial charge in [0.15, 0.2) is 0 Å². The van der Waals surface area contributed by atoms with Crippen molar-refractivity contribution in [2.45, 2.75) is 77.3 Å². The molecule has 1 aliphatic heterocycles. The molecule has 2 aromatic carbocycles. The molecule has 45 heavy (non-hydrogen) atoms. The molecule has 12 heteroatoms. The molecule has 0 fully saturated rings. The van der Waals surface area contributed by atoms with E-state index in [-0.39, 0.29) is 54.6 Å². The van der Waals surface area contributed by atoms with Crippen molar-refractivity contribution in [2.75, 3.05) is 38.7 Å². The molecular formula is C33H44F3N3O6. The second kappa shape index (κ2) is 16.6. The van der Waals surface area contributed by atoms with Gasteiger partial charge in [0.2, 0.25) is 5.91 Å². The van der Waals surface area contributed by atoms with E-state index >= 15 is 0 Å². The van der Waals surface area contributed by atoms with Gasteiger partial charge in [0.05, 0.1) is 36.8 Å². The number of likely N-dealkylation sites (N-methyl/N-ethyl adjacent to an activating group) is 1. The molecule has 0 radical (unpaired) electrons. The van der Waals surface area contributed by atoms with E-state index in [1.54, 1.807) is 43.1 Å². The predicted octanol–water partition coefficient (Wildman–Crippen LogP) is 5.54. The average molecular weight is 636 g/mol. The van der Waals surface area contributed by atoms with Crippen molar-refractivity contribution in [2.24, 2.45) is 5.92 Å². The monoisotopic (exact) mass is 635 g/mol. The highest BCUT2D eigenvalue weighted by atomic mass is 19.4. The summed E-state index contributed by atoms with van der Waals surface area (Å²) in [6, 6.07) is 12.7. The Morgan fingerprint density at radius 3 is 2.51 bits per heavy atom. The number of carbonyl (C=O) groups is 3. The number of ether oxygens (including phenoxy) is 2. The number of carbonyl (C=O) groups excluding carboxylic acids is 3. The number of alkyl halides is 3. The highest BCUT2D eigenvalue weighted by Crippen LogP contribution is 2.29. The van der Waals surface area contributed by atoms with E-state index in [1.807, 2.05) is 19.9 Å². The van der Waals surface area contributed by atoms with Gasteiger partial charge in [0.1, 0.15) is 5.75 Å². The van der Waals surface area contributed by atoms with Gasteiger partial charge in [0.25, 0.3) is 11.8 Å². The number of fused-ring (bicyclic) bond motifs is 1. The lowest BCUT2D eigenvalue weighted by atomic mass is 10.0. The Kier molecular flexibility index (Phi) is 13.2. The van der Waals surface area contributed by atoms with Crippen molar-refractivity contribution in [3.63, 3.8) is 0 Å². The largest absolute Gasteiger partial charge is 0.490 e. The number of rotatable bonds is 8. The summed E-state index contributed by atoms with van der Waals surface area (Å²) in [6.45, 7) is 6.03. The first-order valence-corrected chi connectivity index (χ1v) is 15.3. The summed E-state index contributed by atoms with van der Waals surface area (Å²) in [6.07, 6.45) is -5.01. The molecule has 3 rings (SSSR count). The van der Waals surface area contributed by atoms with Gasteiger partial charge >= 0.3 is 6.18 Å². The quantitative estimate of drug-likeness (QED) is 0.395. The number of nitrogens with one attached hydrogen (secondary N) is 1. The number of nitrogens with zero attached hydrogens (tertiary/aromatic N) is 2. The van der Waals surface area contributed by atoms with E-state index in [1.165, 1.54) is 23.1 Å². The third-order valence-electron chi connectivity index (χ3n) is 7.79. The number of amides is 3. The Morgan fingerprint density at radius 1 is 1.13 bits per heavy atom. The zero-order valence-electron chi connectivity index (χ0n) is 26.3. The van der Waals surface area contributed by atoms with Crippen LogP contribution >= 0.6 is 0 Å². The van der Waals surface area contributed by atoms with Crippen LogP contribution in [0.2, 0.25) is 0 Å². The van der Waals surface area contributed by atoms with E-state index in [9.17, 15) is 32.7 Å². The van der Waals surface area contributed by atoms with E-state index in [2.05, 4.69) is 5.32 Å². The van der Waals surface area contributed by atoms with Gasteiger partial charge in [0, 0.05) is 50.3 Å². The lowest BCUT2D eigenvalue weighted by molar-refractivity contribution is -0.142. The van der Waals surface area contributed by atoms with Crippen LogP contribution in [0.4, 0.5) is 18.9 Å². The first-order valence-electron chi connectivity index (χ1n) is 15.3. The number of hydrogen-bond acceptors (Lipinski definition) is 6. The van der Waals surface area contributed by atoms with Crippen molar-refractivity contribution in [3.8, 4) is 5.75 Å². The standard InChI is InChI=1S/C33H44F3N3O6/c1-22-19-39(23(2)21-40)32(43)27-18-26(37-30(41)15-16-33(34,35)36)13-14-28(27)45-24(3)10-8-9-17-44-29(22)20-38(4)31(42)25-11-6-5-7-12-25/h5-7,11-14,18,22-24,29,40H,8-10,15-17,19-21H2,1-4H3,(H,37,41)/t22-,23+,24-,29+/m1/s1. The van der Waals surface area contributed by atoms with Gasteiger partial charge in [-0.2, -0.15) is 13.2 Å². The summed E-state index contributed by atoms with van der Waals surface area (Å²) >= 11 is 0. The molecule has 9 nitrogen and oxygen atoms in total. The average Bonchev–Trinajstić information content (AvgIpc) is 3.01. The maximum Gasteiger partial charge on any atom is 0.389 e. The van der Waals surface area contributed by atoms with Gasteiger partial charge < -0.3 is 29.7 Å². The van der Waals surface area contributed by atoms with Gasteiger partial charge in [-0.05, 0) is 63.4 Å². The summed E-state index contributed by atoms with van der Waals surface area (Å²) in [4.78, 5) is 42.6. The normalized spacial score (nSPS) is 20.8. The summed E-state index contributed by atoms with van der Waals surface area (Å²) in [5, 5.41) is 12.6. The Labute approximate surface area is 262 Å². The van der Waals surface area contributed by atoms with Gasteiger partial charge in [-0.3, -0.25) is 14.4 Å². The van der Waals surface area contributed by atoms with Crippen molar-refractivity contribution in [1.82, 2.24) is 9.80 Å². The molecule has 0 aliphatic carbocycles. The number of halogens is 3. The summed E-state index contributed by atoms with van der Waals surface area (Å²) < 4.78 is 50.4.